The molecule has 0 fully saturated rings. The number of ether oxygens (including phenoxy) is 1. The highest BCUT2D eigenvalue weighted by Crippen LogP contribution is 2.27. The first-order valence-corrected chi connectivity index (χ1v) is 4.62. The maximum Gasteiger partial charge on any atom is 0.328 e. The molecule has 1 aromatic carbocycles. The number of nitrogens with zero attached hydrogens (tertiary/aromatic N) is 2. The highest BCUT2D eigenvalue weighted by molar-refractivity contribution is 5.78. The van der Waals surface area contributed by atoms with Crippen LogP contribution in [0.5, 0.6) is 5.75 Å². The minimum Gasteiger partial charge on any atom is -0.424 e. The number of hydrogen-bond acceptors (Lipinski definition) is 6. The highest BCUT2D eigenvalue weighted by Gasteiger charge is 2.21. The Morgan fingerprint density at radius 3 is 2.76 bits per heavy atom. The van der Waals surface area contributed by atoms with Gasteiger partial charge in [0, 0.05) is 6.07 Å². The summed E-state index contributed by atoms with van der Waals surface area (Å²) in [7, 11) is 0. The molecule has 0 aliphatic carbocycles. The van der Waals surface area contributed by atoms with Crippen LogP contribution >= 0.6 is 0 Å². The Balaban J connectivity index is 3.18. The van der Waals surface area contributed by atoms with Gasteiger partial charge in [-0.05, 0) is 13.0 Å². The van der Waals surface area contributed by atoms with Crippen LogP contribution in [-0.2, 0) is 4.79 Å². The molecular weight excluding hydrogens is 226 g/mol. The maximum absolute atomic E-state index is 11.2. The van der Waals surface area contributed by atoms with E-state index in [1.54, 1.807) is 6.07 Å². The van der Waals surface area contributed by atoms with Crippen molar-refractivity contribution in [3.8, 4) is 11.8 Å². The minimum atomic E-state index is -0.874. The van der Waals surface area contributed by atoms with Crippen molar-refractivity contribution in [2.45, 2.75) is 13.0 Å². The first kappa shape index (κ1) is 12.6. The number of rotatable bonds is 3. The van der Waals surface area contributed by atoms with Gasteiger partial charge in [0.25, 0.3) is 5.69 Å². The Kier molecular flexibility index (Phi) is 3.74. The summed E-state index contributed by atoms with van der Waals surface area (Å²) in [5, 5.41) is 19.5. The van der Waals surface area contributed by atoms with Crippen LogP contribution in [0.4, 0.5) is 5.69 Å². The number of hydrogen-bond donors (Lipinski definition) is 1. The van der Waals surface area contributed by atoms with E-state index in [1.807, 2.05) is 0 Å². The van der Waals surface area contributed by atoms with Crippen LogP contribution in [0.25, 0.3) is 0 Å². The van der Waals surface area contributed by atoms with Crippen LogP contribution in [-0.4, -0.2) is 16.9 Å². The summed E-state index contributed by atoms with van der Waals surface area (Å²) in [6, 6.07) is 4.53. The second kappa shape index (κ2) is 5.05. The Morgan fingerprint density at radius 1 is 1.65 bits per heavy atom. The molecule has 0 bridgehead atoms. The van der Waals surface area contributed by atoms with Crippen molar-refractivity contribution >= 4 is 11.7 Å². The largest absolute Gasteiger partial charge is 0.424 e. The summed E-state index contributed by atoms with van der Waals surface area (Å²) in [6.07, 6.45) is 0. The number of nitrogens with two attached hydrogens (primary N) is 1. The van der Waals surface area contributed by atoms with Crippen molar-refractivity contribution in [2.75, 3.05) is 0 Å². The van der Waals surface area contributed by atoms with Crippen molar-refractivity contribution in [1.29, 1.82) is 5.26 Å². The molecule has 7 nitrogen and oxygen atoms in total. The molecule has 0 saturated heterocycles. The molecule has 0 amide bonds. The second-order valence-corrected chi connectivity index (χ2v) is 3.23. The third-order valence-corrected chi connectivity index (χ3v) is 1.90. The van der Waals surface area contributed by atoms with Crippen LogP contribution in [0.1, 0.15) is 12.5 Å². The van der Waals surface area contributed by atoms with Crippen LogP contribution in [0.15, 0.2) is 18.2 Å². The zero-order valence-electron chi connectivity index (χ0n) is 8.91. The highest BCUT2D eigenvalue weighted by atomic mass is 16.6. The number of nitriles is 1. The van der Waals surface area contributed by atoms with E-state index in [-0.39, 0.29) is 11.3 Å². The molecule has 0 radical (unpaired) electrons. The van der Waals surface area contributed by atoms with Gasteiger partial charge in [-0.15, -0.1) is 0 Å². The molecule has 0 heterocycles. The Morgan fingerprint density at radius 2 is 2.29 bits per heavy atom. The number of carbonyl (C=O) groups is 1. The number of esters is 1. The predicted octanol–water partition coefficient (Wildman–Crippen LogP) is 0.719. The average molecular weight is 235 g/mol. The van der Waals surface area contributed by atoms with Gasteiger partial charge in [-0.1, -0.05) is 6.07 Å². The molecule has 1 rings (SSSR count). The summed E-state index contributed by atoms with van der Waals surface area (Å²) in [5.41, 5.74) is 4.57. The van der Waals surface area contributed by atoms with Crippen LogP contribution in [0.2, 0.25) is 0 Å². The van der Waals surface area contributed by atoms with Gasteiger partial charge < -0.3 is 10.5 Å². The smallest absolute Gasteiger partial charge is 0.328 e. The molecule has 0 spiro atoms. The quantitative estimate of drug-likeness (QED) is 0.356. The average Bonchev–Trinajstić information content (AvgIpc) is 2.28. The lowest BCUT2D eigenvalue weighted by Gasteiger charge is -2.07. The van der Waals surface area contributed by atoms with E-state index >= 15 is 0 Å². The molecule has 17 heavy (non-hydrogen) atoms. The summed E-state index contributed by atoms with van der Waals surface area (Å²) < 4.78 is 4.80. The zero-order valence-corrected chi connectivity index (χ0v) is 8.91. The summed E-state index contributed by atoms with van der Waals surface area (Å²) in [4.78, 5) is 21.2. The first-order chi connectivity index (χ1) is 7.97. The van der Waals surface area contributed by atoms with Gasteiger partial charge >= 0.3 is 5.97 Å². The molecule has 0 aromatic heterocycles. The fraction of sp³-hybridized carbons (Fsp3) is 0.200. The third kappa shape index (κ3) is 2.76. The van der Waals surface area contributed by atoms with Gasteiger partial charge in [0.2, 0.25) is 0 Å². The Labute approximate surface area is 96.6 Å². The molecule has 0 aliphatic heterocycles. The number of nitro benzene ring substituents is 1. The molecule has 1 aromatic rings. The number of nitro groups is 1. The molecule has 0 aliphatic rings. The lowest BCUT2D eigenvalue weighted by Crippen LogP contribution is -2.31. The second-order valence-electron chi connectivity index (χ2n) is 3.23. The van der Waals surface area contributed by atoms with Crippen molar-refractivity contribution in [3.63, 3.8) is 0 Å². The van der Waals surface area contributed by atoms with E-state index in [0.717, 1.165) is 6.07 Å². The molecule has 7 heteroatoms. The van der Waals surface area contributed by atoms with Crippen molar-refractivity contribution in [2.24, 2.45) is 5.73 Å². The monoisotopic (exact) mass is 235 g/mol. The normalized spacial score (nSPS) is 11.4. The molecule has 1 atom stereocenters. The fourth-order valence-corrected chi connectivity index (χ4v) is 1.07. The van der Waals surface area contributed by atoms with Gasteiger partial charge in [0.1, 0.15) is 12.1 Å². The van der Waals surface area contributed by atoms with E-state index in [2.05, 4.69) is 0 Å². The van der Waals surface area contributed by atoms with Crippen LogP contribution < -0.4 is 10.5 Å². The number of benzene rings is 1. The maximum atomic E-state index is 11.2. The first-order valence-electron chi connectivity index (χ1n) is 4.62. The summed E-state index contributed by atoms with van der Waals surface area (Å²) >= 11 is 0. The van der Waals surface area contributed by atoms with Crippen LogP contribution in [0, 0.1) is 21.4 Å². The molecular formula is C10H9N3O4. The topological polar surface area (TPSA) is 119 Å². The van der Waals surface area contributed by atoms with E-state index in [4.69, 9.17) is 15.7 Å². The Hall–Kier alpha value is -2.46. The van der Waals surface area contributed by atoms with E-state index in [1.165, 1.54) is 19.1 Å². The predicted molar refractivity (Wildman–Crippen MR) is 57.1 cm³/mol. The SMILES string of the molecule is C[C@H](N)C(=O)Oc1cccc([N+](=O)[O-])c1C#N. The third-order valence-electron chi connectivity index (χ3n) is 1.90. The van der Waals surface area contributed by atoms with Gasteiger partial charge in [-0.3, -0.25) is 10.1 Å². The van der Waals surface area contributed by atoms with Gasteiger partial charge in [0.05, 0.1) is 4.92 Å². The molecule has 0 unspecified atom stereocenters. The summed E-state index contributed by atoms with van der Waals surface area (Å²) in [6.45, 7) is 1.41. The van der Waals surface area contributed by atoms with Gasteiger partial charge in [-0.25, -0.2) is 4.79 Å². The standard InChI is InChI=1S/C10H9N3O4/c1-6(12)10(14)17-9-4-2-3-8(13(15)16)7(9)5-11/h2-4,6H,12H2,1H3/t6-/m0/s1. The zero-order chi connectivity index (χ0) is 13.0. The molecule has 2 N–H and O–H groups in total. The van der Waals surface area contributed by atoms with Crippen molar-refractivity contribution < 1.29 is 14.5 Å². The number of carbonyl (C=O) groups excluding carboxylic acids is 1. The Bertz CT molecular complexity index is 505. The fourth-order valence-electron chi connectivity index (χ4n) is 1.07. The van der Waals surface area contributed by atoms with E-state index < -0.39 is 22.6 Å². The van der Waals surface area contributed by atoms with E-state index in [9.17, 15) is 14.9 Å². The molecule has 0 saturated carbocycles. The van der Waals surface area contributed by atoms with Crippen molar-refractivity contribution in [3.05, 3.63) is 33.9 Å². The lowest BCUT2D eigenvalue weighted by atomic mass is 10.2. The van der Waals surface area contributed by atoms with Gasteiger partial charge in [-0.2, -0.15) is 5.26 Å². The summed E-state index contributed by atoms with van der Waals surface area (Å²) in [5.74, 6) is -0.925. The lowest BCUT2D eigenvalue weighted by molar-refractivity contribution is -0.385. The van der Waals surface area contributed by atoms with E-state index in [0.29, 0.717) is 0 Å². The molecule has 88 valence electrons. The van der Waals surface area contributed by atoms with Crippen LogP contribution in [0.3, 0.4) is 0 Å². The van der Waals surface area contributed by atoms with Gasteiger partial charge in [0.15, 0.2) is 11.3 Å². The minimum absolute atomic E-state index is 0.163. The van der Waals surface area contributed by atoms with Crippen molar-refractivity contribution in [1.82, 2.24) is 0 Å².